The van der Waals surface area contributed by atoms with Gasteiger partial charge in [-0.2, -0.15) is 0 Å². The number of amides is 1. The van der Waals surface area contributed by atoms with Crippen LogP contribution in [0.3, 0.4) is 0 Å². The van der Waals surface area contributed by atoms with Gasteiger partial charge < -0.3 is 14.8 Å². The number of hydrogen-bond acceptors (Lipinski definition) is 3. The summed E-state index contributed by atoms with van der Waals surface area (Å²) in [4.78, 5) is 11.9. The van der Waals surface area contributed by atoms with Crippen molar-refractivity contribution in [3.8, 4) is 5.75 Å². The first-order valence-electron chi connectivity index (χ1n) is 7.28. The molecule has 4 heteroatoms. The molecule has 0 radical (unpaired) electrons. The number of hydrogen-bond donors (Lipinski definition) is 1. The predicted octanol–water partition coefficient (Wildman–Crippen LogP) is 2.17. The Hall–Kier alpha value is -1.55. The number of carbonyl (C=O) groups excluding carboxylic acids is 1. The Balaban J connectivity index is 1.69. The van der Waals surface area contributed by atoms with Crippen LogP contribution in [0.4, 0.5) is 0 Å². The number of carbonyl (C=O) groups is 1. The van der Waals surface area contributed by atoms with Gasteiger partial charge >= 0.3 is 0 Å². The van der Waals surface area contributed by atoms with Crippen molar-refractivity contribution in [2.24, 2.45) is 5.92 Å². The molecule has 0 atom stereocenters. The summed E-state index contributed by atoms with van der Waals surface area (Å²) in [5, 5.41) is 3.02. The van der Waals surface area contributed by atoms with E-state index in [0.717, 1.165) is 31.4 Å². The van der Waals surface area contributed by atoms with Crippen LogP contribution in [0.5, 0.6) is 5.75 Å². The quantitative estimate of drug-likeness (QED) is 0.811. The Morgan fingerprint density at radius 3 is 2.85 bits per heavy atom. The van der Waals surface area contributed by atoms with Crippen molar-refractivity contribution in [1.82, 2.24) is 5.32 Å². The van der Waals surface area contributed by atoms with Crippen LogP contribution in [0.15, 0.2) is 24.3 Å². The van der Waals surface area contributed by atoms with Gasteiger partial charge in [-0.05, 0) is 37.3 Å². The van der Waals surface area contributed by atoms with Gasteiger partial charge in [0.15, 0.2) is 0 Å². The minimum Gasteiger partial charge on any atom is -0.496 e. The highest BCUT2D eigenvalue weighted by molar-refractivity contribution is 5.78. The van der Waals surface area contributed by atoms with E-state index in [9.17, 15) is 4.79 Å². The third-order valence-electron chi connectivity index (χ3n) is 3.71. The zero-order valence-electron chi connectivity index (χ0n) is 12.1. The summed E-state index contributed by atoms with van der Waals surface area (Å²) in [7, 11) is 1.69. The summed E-state index contributed by atoms with van der Waals surface area (Å²) in [6, 6.07) is 8.02. The molecule has 1 saturated heterocycles. The Kier molecular flexibility index (Phi) is 5.87. The highest BCUT2D eigenvalue weighted by atomic mass is 16.5. The summed E-state index contributed by atoms with van der Waals surface area (Å²) in [6.07, 6.45) is 3.53. The molecule has 1 aliphatic rings. The van der Waals surface area contributed by atoms with Gasteiger partial charge in [-0.25, -0.2) is 0 Å². The predicted molar refractivity (Wildman–Crippen MR) is 77.9 cm³/mol. The third kappa shape index (κ3) is 4.23. The largest absolute Gasteiger partial charge is 0.496 e. The second kappa shape index (κ2) is 7.90. The molecular weight excluding hydrogens is 254 g/mol. The molecule has 1 aromatic carbocycles. The second-order valence-electron chi connectivity index (χ2n) is 5.09. The number of aryl methyl sites for hydroxylation is 1. The van der Waals surface area contributed by atoms with E-state index in [0.29, 0.717) is 19.8 Å². The molecule has 0 saturated carbocycles. The Morgan fingerprint density at radius 1 is 1.35 bits per heavy atom. The highest BCUT2D eigenvalue weighted by Gasteiger charge is 2.20. The number of para-hydroxylation sites is 1. The number of rotatable bonds is 6. The van der Waals surface area contributed by atoms with E-state index in [1.807, 2.05) is 18.2 Å². The van der Waals surface area contributed by atoms with Crippen LogP contribution >= 0.6 is 0 Å². The average molecular weight is 277 g/mol. The molecule has 1 fully saturated rings. The van der Waals surface area contributed by atoms with Crippen molar-refractivity contribution in [3.63, 3.8) is 0 Å². The molecule has 1 amide bonds. The SMILES string of the molecule is COc1ccccc1CCCNC(=O)C1CCOCC1. The van der Waals surface area contributed by atoms with Gasteiger partial charge in [-0.3, -0.25) is 4.79 Å². The summed E-state index contributed by atoms with van der Waals surface area (Å²) in [5.74, 6) is 1.23. The number of nitrogens with one attached hydrogen (secondary N) is 1. The van der Waals surface area contributed by atoms with E-state index in [-0.39, 0.29) is 11.8 Å². The smallest absolute Gasteiger partial charge is 0.223 e. The topological polar surface area (TPSA) is 47.6 Å². The number of methoxy groups -OCH3 is 1. The van der Waals surface area contributed by atoms with Crippen LogP contribution in [0.25, 0.3) is 0 Å². The summed E-state index contributed by atoms with van der Waals surface area (Å²) in [6.45, 7) is 2.13. The van der Waals surface area contributed by atoms with Gasteiger partial charge in [-0.1, -0.05) is 18.2 Å². The van der Waals surface area contributed by atoms with Crippen molar-refractivity contribution in [1.29, 1.82) is 0 Å². The van der Waals surface area contributed by atoms with Gasteiger partial charge in [0.1, 0.15) is 5.75 Å². The van der Waals surface area contributed by atoms with E-state index < -0.39 is 0 Å². The van der Waals surface area contributed by atoms with Crippen LogP contribution < -0.4 is 10.1 Å². The highest BCUT2D eigenvalue weighted by Crippen LogP contribution is 2.18. The zero-order chi connectivity index (χ0) is 14.2. The van der Waals surface area contributed by atoms with Crippen molar-refractivity contribution < 1.29 is 14.3 Å². The fourth-order valence-electron chi connectivity index (χ4n) is 2.50. The van der Waals surface area contributed by atoms with Crippen LogP contribution in [0, 0.1) is 5.92 Å². The van der Waals surface area contributed by atoms with E-state index >= 15 is 0 Å². The van der Waals surface area contributed by atoms with E-state index in [1.54, 1.807) is 7.11 Å². The lowest BCUT2D eigenvalue weighted by atomic mass is 9.99. The van der Waals surface area contributed by atoms with Crippen molar-refractivity contribution in [2.75, 3.05) is 26.9 Å². The molecular formula is C16H23NO3. The van der Waals surface area contributed by atoms with E-state index in [4.69, 9.17) is 9.47 Å². The summed E-state index contributed by atoms with van der Waals surface area (Å²) < 4.78 is 10.6. The third-order valence-corrected chi connectivity index (χ3v) is 3.71. The van der Waals surface area contributed by atoms with Crippen molar-refractivity contribution in [2.45, 2.75) is 25.7 Å². The standard InChI is InChI=1S/C16H23NO3/c1-19-15-7-3-2-5-13(15)6-4-10-17-16(18)14-8-11-20-12-9-14/h2-3,5,7,14H,4,6,8-12H2,1H3,(H,17,18). The molecule has 0 bridgehead atoms. The van der Waals surface area contributed by atoms with Crippen molar-refractivity contribution >= 4 is 5.91 Å². The van der Waals surface area contributed by atoms with Gasteiger partial charge in [0.2, 0.25) is 5.91 Å². The number of ether oxygens (including phenoxy) is 2. The molecule has 1 aliphatic heterocycles. The van der Waals surface area contributed by atoms with Gasteiger partial charge in [-0.15, -0.1) is 0 Å². The monoisotopic (exact) mass is 277 g/mol. The van der Waals surface area contributed by atoms with Crippen LogP contribution in [-0.4, -0.2) is 32.8 Å². The van der Waals surface area contributed by atoms with Gasteiger partial charge in [0.05, 0.1) is 7.11 Å². The zero-order valence-corrected chi connectivity index (χ0v) is 12.1. The van der Waals surface area contributed by atoms with Crippen LogP contribution in [0.1, 0.15) is 24.8 Å². The summed E-state index contributed by atoms with van der Waals surface area (Å²) >= 11 is 0. The second-order valence-corrected chi connectivity index (χ2v) is 5.09. The average Bonchev–Trinajstić information content (AvgIpc) is 2.52. The normalized spacial score (nSPS) is 15.8. The van der Waals surface area contributed by atoms with E-state index in [2.05, 4.69) is 11.4 Å². The summed E-state index contributed by atoms with van der Waals surface area (Å²) in [5.41, 5.74) is 1.19. The van der Waals surface area contributed by atoms with E-state index in [1.165, 1.54) is 5.56 Å². The fourth-order valence-corrected chi connectivity index (χ4v) is 2.50. The maximum Gasteiger partial charge on any atom is 0.223 e. The first-order chi connectivity index (χ1) is 9.81. The molecule has 0 aliphatic carbocycles. The molecule has 20 heavy (non-hydrogen) atoms. The number of benzene rings is 1. The minimum absolute atomic E-state index is 0.134. The first kappa shape index (κ1) is 14.9. The Labute approximate surface area is 120 Å². The lowest BCUT2D eigenvalue weighted by Gasteiger charge is -2.21. The molecule has 4 nitrogen and oxygen atoms in total. The molecule has 2 rings (SSSR count). The Bertz CT molecular complexity index is 427. The molecule has 1 heterocycles. The lowest BCUT2D eigenvalue weighted by Crippen LogP contribution is -2.34. The maximum atomic E-state index is 11.9. The first-order valence-corrected chi connectivity index (χ1v) is 7.28. The van der Waals surface area contributed by atoms with Crippen LogP contribution in [-0.2, 0) is 16.0 Å². The van der Waals surface area contributed by atoms with Gasteiger partial charge in [0.25, 0.3) is 0 Å². The Morgan fingerprint density at radius 2 is 2.10 bits per heavy atom. The minimum atomic E-state index is 0.134. The molecule has 1 aromatic rings. The lowest BCUT2D eigenvalue weighted by molar-refractivity contribution is -0.127. The fraction of sp³-hybridized carbons (Fsp3) is 0.562. The molecule has 0 spiro atoms. The van der Waals surface area contributed by atoms with Gasteiger partial charge in [0, 0.05) is 25.7 Å². The maximum absolute atomic E-state index is 11.9. The molecule has 0 aromatic heterocycles. The molecule has 0 unspecified atom stereocenters. The van der Waals surface area contributed by atoms with Crippen LogP contribution in [0.2, 0.25) is 0 Å². The molecule has 110 valence electrons. The molecule has 1 N–H and O–H groups in total. The van der Waals surface area contributed by atoms with Crippen molar-refractivity contribution in [3.05, 3.63) is 29.8 Å².